The van der Waals surface area contributed by atoms with Crippen LogP contribution in [-0.2, 0) is 5.79 Å². The highest BCUT2D eigenvalue weighted by Gasteiger charge is 2.41. The highest BCUT2D eigenvalue weighted by atomic mass is 19.4. The second-order valence-corrected chi connectivity index (χ2v) is 6.74. The van der Waals surface area contributed by atoms with Crippen LogP contribution in [0, 0.1) is 0 Å². The largest absolute Gasteiger partial charge is 0.492 e. The van der Waals surface area contributed by atoms with Crippen LogP contribution in [0.2, 0.25) is 0 Å². The fourth-order valence-electron chi connectivity index (χ4n) is 3.19. The molecule has 6 nitrogen and oxygen atoms in total. The van der Waals surface area contributed by atoms with Gasteiger partial charge in [0.1, 0.15) is 23.8 Å². The van der Waals surface area contributed by atoms with Crippen molar-refractivity contribution in [3.63, 3.8) is 0 Å². The molecule has 2 heterocycles. The number of hydrogen-bond donors (Lipinski definition) is 3. The number of likely N-dealkylation sites (tertiary alicyclic amines) is 1. The summed E-state index contributed by atoms with van der Waals surface area (Å²) in [5, 5.41) is 2.49. The minimum atomic E-state index is -4.59. The molecule has 2 aliphatic heterocycles. The van der Waals surface area contributed by atoms with Crippen LogP contribution in [0.3, 0.4) is 0 Å². The van der Waals surface area contributed by atoms with E-state index in [1.54, 1.807) is 24.3 Å². The Morgan fingerprint density at radius 2 is 1.81 bits per heavy atom. The number of aliphatic imine (C=N–C) groups is 1. The lowest BCUT2D eigenvalue weighted by atomic mass is 10.1. The SMILES string of the molecule is NC1=NC(N)(c2ccc(OCCN3CCCCC3)cc2)NC=C1C(F)(F)F. The molecule has 2 aliphatic rings. The van der Waals surface area contributed by atoms with E-state index in [4.69, 9.17) is 16.2 Å². The molecule has 0 bridgehead atoms. The van der Waals surface area contributed by atoms with E-state index in [2.05, 4.69) is 15.2 Å². The molecular weight excluding hydrogens is 359 g/mol. The van der Waals surface area contributed by atoms with Crippen molar-refractivity contribution in [3.05, 3.63) is 41.6 Å². The fourth-order valence-corrected chi connectivity index (χ4v) is 3.19. The molecule has 9 heteroatoms. The van der Waals surface area contributed by atoms with Crippen LogP contribution in [-0.4, -0.2) is 43.2 Å². The Morgan fingerprint density at radius 1 is 1.15 bits per heavy atom. The molecule has 1 atom stereocenters. The van der Waals surface area contributed by atoms with Gasteiger partial charge in [-0.3, -0.25) is 10.6 Å². The van der Waals surface area contributed by atoms with Crippen LogP contribution < -0.4 is 21.5 Å². The molecule has 148 valence electrons. The summed E-state index contributed by atoms with van der Waals surface area (Å²) in [7, 11) is 0. The van der Waals surface area contributed by atoms with Crippen LogP contribution in [0.25, 0.3) is 0 Å². The van der Waals surface area contributed by atoms with Crippen molar-refractivity contribution in [1.82, 2.24) is 10.2 Å². The fraction of sp³-hybridized carbons (Fsp3) is 0.500. The first-order valence-electron chi connectivity index (χ1n) is 8.93. The summed E-state index contributed by atoms with van der Waals surface area (Å²) in [6.07, 6.45) is -0.0808. The van der Waals surface area contributed by atoms with Gasteiger partial charge in [0.2, 0.25) is 5.79 Å². The molecule has 1 unspecified atom stereocenters. The van der Waals surface area contributed by atoms with Gasteiger partial charge >= 0.3 is 6.18 Å². The lowest BCUT2D eigenvalue weighted by molar-refractivity contribution is -0.0870. The van der Waals surface area contributed by atoms with E-state index in [0.717, 1.165) is 25.8 Å². The first-order valence-corrected chi connectivity index (χ1v) is 8.93. The number of nitrogens with zero attached hydrogens (tertiary/aromatic N) is 2. The summed E-state index contributed by atoms with van der Waals surface area (Å²) in [5.41, 5.74) is 11.0. The molecule has 0 saturated carbocycles. The number of nitrogens with one attached hydrogen (secondary N) is 1. The van der Waals surface area contributed by atoms with Crippen molar-refractivity contribution in [3.8, 4) is 5.75 Å². The first-order chi connectivity index (χ1) is 12.8. The standard InChI is InChI=1S/C18H24F3N5O/c19-17(20,21)15-12-24-18(23,25-16(15)22)13-4-6-14(7-5-13)27-11-10-26-8-2-1-3-9-26/h4-7,12,24H,1-3,8-11,23H2,(H2,22,25). The summed E-state index contributed by atoms with van der Waals surface area (Å²) in [6.45, 7) is 3.66. The number of amidine groups is 1. The zero-order valence-electron chi connectivity index (χ0n) is 14.9. The van der Waals surface area contributed by atoms with Gasteiger partial charge in [0, 0.05) is 18.3 Å². The third-order valence-electron chi connectivity index (χ3n) is 4.73. The lowest BCUT2D eigenvalue weighted by Crippen LogP contribution is -2.51. The van der Waals surface area contributed by atoms with Gasteiger partial charge < -0.3 is 15.8 Å². The predicted octanol–water partition coefficient (Wildman–Crippen LogP) is 2.03. The summed E-state index contributed by atoms with van der Waals surface area (Å²) in [4.78, 5) is 6.19. The van der Waals surface area contributed by atoms with Crippen molar-refractivity contribution < 1.29 is 17.9 Å². The van der Waals surface area contributed by atoms with Crippen molar-refractivity contribution in [2.75, 3.05) is 26.2 Å². The maximum atomic E-state index is 12.8. The number of alkyl halides is 3. The molecular formula is C18H24F3N5O. The molecule has 1 saturated heterocycles. The molecule has 0 radical (unpaired) electrons. The molecule has 5 N–H and O–H groups in total. The first kappa shape index (κ1) is 19.5. The predicted molar refractivity (Wildman–Crippen MR) is 97.0 cm³/mol. The molecule has 0 aromatic heterocycles. The summed E-state index contributed by atoms with van der Waals surface area (Å²) in [5.74, 6) is -1.53. The number of hydrogen-bond acceptors (Lipinski definition) is 6. The molecule has 1 aromatic carbocycles. The van der Waals surface area contributed by atoms with Crippen LogP contribution in [0.5, 0.6) is 5.75 Å². The molecule has 3 rings (SSSR count). The Kier molecular flexibility index (Phi) is 5.61. The summed E-state index contributed by atoms with van der Waals surface area (Å²) >= 11 is 0. The number of ether oxygens (including phenoxy) is 1. The Bertz CT molecular complexity index is 711. The number of rotatable bonds is 5. The van der Waals surface area contributed by atoms with Gasteiger partial charge in [0.25, 0.3) is 0 Å². The zero-order chi connectivity index (χ0) is 19.5. The third kappa shape index (κ3) is 4.72. The minimum Gasteiger partial charge on any atom is -0.492 e. The lowest BCUT2D eigenvalue weighted by Gasteiger charge is -2.31. The highest BCUT2D eigenvalue weighted by molar-refractivity contribution is 5.99. The maximum Gasteiger partial charge on any atom is 0.421 e. The van der Waals surface area contributed by atoms with Crippen molar-refractivity contribution in [1.29, 1.82) is 0 Å². The van der Waals surface area contributed by atoms with Gasteiger partial charge in [-0.1, -0.05) is 6.42 Å². The smallest absolute Gasteiger partial charge is 0.421 e. The van der Waals surface area contributed by atoms with Crippen LogP contribution in [0.1, 0.15) is 24.8 Å². The van der Waals surface area contributed by atoms with E-state index in [0.29, 0.717) is 17.9 Å². The van der Waals surface area contributed by atoms with Gasteiger partial charge in [-0.25, -0.2) is 4.99 Å². The molecule has 0 amide bonds. The van der Waals surface area contributed by atoms with E-state index in [9.17, 15) is 13.2 Å². The van der Waals surface area contributed by atoms with Gasteiger partial charge in [0.15, 0.2) is 0 Å². The highest BCUT2D eigenvalue weighted by Crippen LogP contribution is 2.30. The number of piperidine rings is 1. The molecule has 0 aliphatic carbocycles. The van der Waals surface area contributed by atoms with Gasteiger partial charge in [-0.2, -0.15) is 13.2 Å². The van der Waals surface area contributed by atoms with Crippen molar-refractivity contribution in [2.24, 2.45) is 16.5 Å². The zero-order valence-corrected chi connectivity index (χ0v) is 14.9. The molecule has 1 aromatic rings. The van der Waals surface area contributed by atoms with E-state index >= 15 is 0 Å². The Morgan fingerprint density at radius 3 is 2.41 bits per heavy atom. The number of halogens is 3. The van der Waals surface area contributed by atoms with Gasteiger partial charge in [-0.15, -0.1) is 0 Å². The van der Waals surface area contributed by atoms with Crippen molar-refractivity contribution >= 4 is 5.84 Å². The van der Waals surface area contributed by atoms with Crippen molar-refractivity contribution in [2.45, 2.75) is 31.2 Å². The maximum absolute atomic E-state index is 12.8. The Labute approximate surface area is 156 Å². The molecule has 0 spiro atoms. The van der Waals surface area contributed by atoms with Gasteiger partial charge in [0.05, 0.1) is 0 Å². The van der Waals surface area contributed by atoms with Gasteiger partial charge in [-0.05, 0) is 50.2 Å². The monoisotopic (exact) mass is 383 g/mol. The summed E-state index contributed by atoms with van der Waals surface area (Å²) in [6, 6.07) is 6.76. The quantitative estimate of drug-likeness (QED) is 0.724. The van der Waals surface area contributed by atoms with Crippen LogP contribution >= 0.6 is 0 Å². The normalized spacial score (nSPS) is 24.0. The number of benzene rings is 1. The van der Waals surface area contributed by atoms with E-state index in [-0.39, 0.29) is 0 Å². The second-order valence-electron chi connectivity index (χ2n) is 6.74. The van der Waals surface area contributed by atoms with E-state index < -0.39 is 23.4 Å². The topological polar surface area (TPSA) is 88.9 Å². The third-order valence-corrected chi connectivity index (χ3v) is 4.73. The van der Waals surface area contributed by atoms with Crippen LogP contribution in [0.15, 0.2) is 41.0 Å². The Hall–Kier alpha value is -2.26. The second kappa shape index (κ2) is 7.77. The Balaban J connectivity index is 1.59. The average Bonchev–Trinajstić information content (AvgIpc) is 2.62. The van der Waals surface area contributed by atoms with E-state index in [1.807, 2.05) is 0 Å². The van der Waals surface area contributed by atoms with Crippen LogP contribution in [0.4, 0.5) is 13.2 Å². The molecule has 27 heavy (non-hydrogen) atoms. The van der Waals surface area contributed by atoms with E-state index in [1.165, 1.54) is 19.3 Å². The molecule has 1 fully saturated rings. The average molecular weight is 383 g/mol. The number of nitrogens with two attached hydrogens (primary N) is 2. The summed E-state index contributed by atoms with van der Waals surface area (Å²) < 4.78 is 44.2. The minimum absolute atomic E-state index is 0.478.